The summed E-state index contributed by atoms with van der Waals surface area (Å²) in [6.07, 6.45) is 8.60. The molecular formula is C15H26O. The summed E-state index contributed by atoms with van der Waals surface area (Å²) in [5.74, 6) is 0.947. The standard InChI is InChI=1S/C15H26O/c1-11(2)14-9-8-12(3)6-5-7-13(4)10-15(14)16/h6,10-11,14-16H,5,7-9H2,1-4H3. The van der Waals surface area contributed by atoms with Crippen molar-refractivity contribution in [2.24, 2.45) is 11.8 Å². The molecule has 0 saturated heterocycles. The SMILES string of the molecule is CC1=CC(O)C(C(C)C)CCC(C)=CCC1. The van der Waals surface area contributed by atoms with Gasteiger partial charge in [-0.1, -0.05) is 37.1 Å². The Balaban J connectivity index is 2.81. The minimum absolute atomic E-state index is 0.258. The molecule has 2 atom stereocenters. The highest BCUT2D eigenvalue weighted by molar-refractivity contribution is 5.08. The fourth-order valence-electron chi connectivity index (χ4n) is 2.44. The molecule has 2 unspecified atom stereocenters. The topological polar surface area (TPSA) is 20.2 Å². The molecule has 0 fully saturated rings. The minimum Gasteiger partial charge on any atom is -0.389 e. The zero-order valence-corrected chi connectivity index (χ0v) is 11.2. The summed E-state index contributed by atoms with van der Waals surface area (Å²) in [6, 6.07) is 0. The third-order valence-electron chi connectivity index (χ3n) is 3.65. The predicted octanol–water partition coefficient (Wildman–Crippen LogP) is 4.09. The third-order valence-corrected chi connectivity index (χ3v) is 3.65. The van der Waals surface area contributed by atoms with E-state index < -0.39 is 0 Å². The van der Waals surface area contributed by atoms with Gasteiger partial charge in [-0.3, -0.25) is 0 Å². The van der Waals surface area contributed by atoms with Gasteiger partial charge in [-0.15, -0.1) is 0 Å². The molecule has 1 aliphatic carbocycles. The van der Waals surface area contributed by atoms with Crippen molar-refractivity contribution in [3.63, 3.8) is 0 Å². The first-order chi connectivity index (χ1) is 7.50. The van der Waals surface area contributed by atoms with E-state index in [0.29, 0.717) is 11.8 Å². The predicted molar refractivity (Wildman–Crippen MR) is 70.3 cm³/mol. The number of hydrogen-bond acceptors (Lipinski definition) is 1. The van der Waals surface area contributed by atoms with Crippen molar-refractivity contribution in [3.8, 4) is 0 Å². The van der Waals surface area contributed by atoms with Crippen molar-refractivity contribution >= 4 is 0 Å². The van der Waals surface area contributed by atoms with Crippen molar-refractivity contribution in [3.05, 3.63) is 23.3 Å². The van der Waals surface area contributed by atoms with Crippen molar-refractivity contribution in [1.29, 1.82) is 0 Å². The van der Waals surface area contributed by atoms with Crippen molar-refractivity contribution < 1.29 is 5.11 Å². The molecule has 1 nitrogen and oxygen atoms in total. The van der Waals surface area contributed by atoms with Gasteiger partial charge in [0.15, 0.2) is 0 Å². The number of aliphatic hydroxyl groups excluding tert-OH is 1. The van der Waals surface area contributed by atoms with E-state index in [0.717, 1.165) is 25.7 Å². The maximum Gasteiger partial charge on any atom is 0.0754 e. The molecule has 92 valence electrons. The third kappa shape index (κ3) is 4.13. The van der Waals surface area contributed by atoms with Crippen LogP contribution in [0.4, 0.5) is 0 Å². The molecule has 0 spiro atoms. The fourth-order valence-corrected chi connectivity index (χ4v) is 2.44. The molecule has 0 amide bonds. The molecule has 1 aliphatic rings. The first-order valence-electron chi connectivity index (χ1n) is 6.51. The van der Waals surface area contributed by atoms with E-state index in [1.165, 1.54) is 11.1 Å². The van der Waals surface area contributed by atoms with Crippen LogP contribution >= 0.6 is 0 Å². The number of aliphatic hydroxyl groups is 1. The molecule has 0 aliphatic heterocycles. The average molecular weight is 222 g/mol. The molecule has 0 bridgehead atoms. The summed E-state index contributed by atoms with van der Waals surface area (Å²) < 4.78 is 0. The smallest absolute Gasteiger partial charge is 0.0754 e. The van der Waals surface area contributed by atoms with Gasteiger partial charge >= 0.3 is 0 Å². The average Bonchev–Trinajstić information content (AvgIpc) is 2.16. The summed E-state index contributed by atoms with van der Waals surface area (Å²) in [6.45, 7) is 8.76. The van der Waals surface area contributed by atoms with Gasteiger partial charge in [0, 0.05) is 0 Å². The Morgan fingerprint density at radius 1 is 1.19 bits per heavy atom. The molecule has 0 heterocycles. The second-order valence-electron chi connectivity index (χ2n) is 5.54. The molecule has 0 aromatic heterocycles. The van der Waals surface area contributed by atoms with Gasteiger partial charge in [0.05, 0.1) is 6.10 Å². The normalized spacial score (nSPS) is 28.6. The lowest BCUT2D eigenvalue weighted by atomic mass is 9.83. The van der Waals surface area contributed by atoms with Gasteiger partial charge < -0.3 is 5.11 Å². The van der Waals surface area contributed by atoms with Gasteiger partial charge in [0.25, 0.3) is 0 Å². The molecule has 0 saturated carbocycles. The Kier molecular flexibility index (Phi) is 5.27. The number of allylic oxidation sites excluding steroid dienone is 3. The first-order valence-corrected chi connectivity index (χ1v) is 6.51. The van der Waals surface area contributed by atoms with Crippen molar-refractivity contribution in [1.82, 2.24) is 0 Å². The largest absolute Gasteiger partial charge is 0.389 e. The Morgan fingerprint density at radius 2 is 1.88 bits per heavy atom. The summed E-state index contributed by atoms with van der Waals surface area (Å²) >= 11 is 0. The van der Waals surface area contributed by atoms with Gasteiger partial charge in [-0.25, -0.2) is 0 Å². The Morgan fingerprint density at radius 3 is 2.50 bits per heavy atom. The number of rotatable bonds is 1. The lowest BCUT2D eigenvalue weighted by Crippen LogP contribution is -2.24. The molecule has 0 aromatic rings. The van der Waals surface area contributed by atoms with E-state index in [9.17, 15) is 5.11 Å². The lowest BCUT2D eigenvalue weighted by Gasteiger charge is -2.26. The van der Waals surface area contributed by atoms with Gasteiger partial charge in [-0.05, 0) is 51.4 Å². The van der Waals surface area contributed by atoms with Crippen LogP contribution in [0.2, 0.25) is 0 Å². The second kappa shape index (κ2) is 6.24. The Bertz CT molecular complexity index is 273. The van der Waals surface area contributed by atoms with Crippen molar-refractivity contribution in [2.75, 3.05) is 0 Å². The summed E-state index contributed by atoms with van der Waals surface area (Å²) in [4.78, 5) is 0. The molecule has 1 N–H and O–H groups in total. The maximum atomic E-state index is 10.2. The van der Waals surface area contributed by atoms with E-state index in [4.69, 9.17) is 0 Å². The van der Waals surface area contributed by atoms with Crippen molar-refractivity contribution in [2.45, 2.75) is 59.5 Å². The van der Waals surface area contributed by atoms with E-state index >= 15 is 0 Å². The lowest BCUT2D eigenvalue weighted by molar-refractivity contribution is 0.115. The van der Waals surface area contributed by atoms with Crippen LogP contribution in [0.15, 0.2) is 23.3 Å². The summed E-state index contributed by atoms with van der Waals surface area (Å²) in [7, 11) is 0. The van der Waals surface area contributed by atoms with E-state index in [1.807, 2.05) is 0 Å². The maximum absolute atomic E-state index is 10.2. The molecular weight excluding hydrogens is 196 g/mol. The molecule has 1 rings (SSSR count). The molecule has 1 heteroatoms. The molecule has 0 aromatic carbocycles. The Hall–Kier alpha value is -0.560. The quantitative estimate of drug-likeness (QED) is 0.663. The van der Waals surface area contributed by atoms with Crippen LogP contribution in [-0.2, 0) is 0 Å². The second-order valence-corrected chi connectivity index (χ2v) is 5.54. The number of hydrogen-bond donors (Lipinski definition) is 1. The van der Waals surface area contributed by atoms with Gasteiger partial charge in [0.2, 0.25) is 0 Å². The van der Waals surface area contributed by atoms with E-state index in [1.54, 1.807) is 0 Å². The van der Waals surface area contributed by atoms with Crippen LogP contribution in [0.25, 0.3) is 0 Å². The Labute approximate surface area is 100 Å². The highest BCUT2D eigenvalue weighted by Crippen LogP contribution is 2.26. The van der Waals surface area contributed by atoms with Crippen LogP contribution in [0.1, 0.15) is 53.4 Å². The van der Waals surface area contributed by atoms with Crippen LogP contribution in [0.5, 0.6) is 0 Å². The molecule has 0 radical (unpaired) electrons. The van der Waals surface area contributed by atoms with Crippen LogP contribution in [0.3, 0.4) is 0 Å². The highest BCUT2D eigenvalue weighted by atomic mass is 16.3. The van der Waals surface area contributed by atoms with Gasteiger partial charge in [0.1, 0.15) is 0 Å². The zero-order valence-electron chi connectivity index (χ0n) is 11.2. The summed E-state index contributed by atoms with van der Waals surface area (Å²) in [5.41, 5.74) is 2.80. The monoisotopic (exact) mass is 222 g/mol. The van der Waals surface area contributed by atoms with Crippen LogP contribution < -0.4 is 0 Å². The zero-order chi connectivity index (χ0) is 12.1. The highest BCUT2D eigenvalue weighted by Gasteiger charge is 2.21. The minimum atomic E-state index is -0.258. The van der Waals surface area contributed by atoms with Gasteiger partial charge in [-0.2, -0.15) is 0 Å². The molecule has 16 heavy (non-hydrogen) atoms. The van der Waals surface area contributed by atoms with E-state index in [2.05, 4.69) is 39.8 Å². The van der Waals surface area contributed by atoms with E-state index in [-0.39, 0.29) is 6.10 Å². The van der Waals surface area contributed by atoms with Crippen LogP contribution in [-0.4, -0.2) is 11.2 Å². The summed E-state index contributed by atoms with van der Waals surface area (Å²) in [5, 5.41) is 10.2. The fraction of sp³-hybridized carbons (Fsp3) is 0.733. The van der Waals surface area contributed by atoms with Crippen LogP contribution in [0, 0.1) is 11.8 Å². The first kappa shape index (κ1) is 13.5.